The molecule has 0 aliphatic carbocycles. The number of rotatable bonds is 5. The van der Waals surface area contributed by atoms with Crippen LogP contribution in [0.1, 0.15) is 9.71 Å². The second kappa shape index (κ2) is 7.51. The molecule has 0 aliphatic rings. The number of hydrogen-bond acceptors (Lipinski definition) is 1. The molecule has 3 aromatic rings. The molecule has 0 radical (unpaired) electrons. The molecule has 0 saturated heterocycles. The first-order valence-electron chi connectivity index (χ1n) is 6.90. The van der Waals surface area contributed by atoms with Crippen LogP contribution in [-0.4, -0.2) is 15.0 Å². The average molecular weight is 355 g/mol. The molecular formula is C19H16SSe. The molecule has 0 amide bonds. The molecule has 0 aromatic heterocycles. The van der Waals surface area contributed by atoms with Crippen molar-refractivity contribution < 1.29 is 0 Å². The summed E-state index contributed by atoms with van der Waals surface area (Å²) >= 11 is 2.37. The number of hydrogen-bond donors (Lipinski definition) is 0. The van der Waals surface area contributed by atoms with Gasteiger partial charge in [-0.2, -0.15) is 0 Å². The van der Waals surface area contributed by atoms with Crippen molar-refractivity contribution in [3.63, 3.8) is 0 Å². The van der Waals surface area contributed by atoms with Crippen molar-refractivity contribution in [2.75, 3.05) is 0 Å². The van der Waals surface area contributed by atoms with Crippen LogP contribution < -0.4 is 4.46 Å². The molecule has 104 valence electrons. The van der Waals surface area contributed by atoms with Crippen LogP contribution in [0.15, 0.2) is 95.9 Å². The van der Waals surface area contributed by atoms with Crippen molar-refractivity contribution >= 4 is 31.2 Å². The van der Waals surface area contributed by atoms with Crippen molar-refractivity contribution in [1.29, 1.82) is 0 Å². The van der Waals surface area contributed by atoms with Crippen LogP contribution in [0.5, 0.6) is 0 Å². The van der Waals surface area contributed by atoms with Crippen molar-refractivity contribution in [2.24, 2.45) is 0 Å². The van der Waals surface area contributed by atoms with E-state index < -0.39 is 0 Å². The quantitative estimate of drug-likeness (QED) is 0.479. The Bertz CT molecular complexity index is 611. The van der Waals surface area contributed by atoms with Crippen LogP contribution in [0.25, 0.3) is 0 Å². The number of benzene rings is 3. The standard InChI is InChI=1S/C19H16SSe/c1-4-10-16(11-5-1)19(20-17-12-6-2-7-13-17)21-18-14-8-3-9-15-18/h1-15,19H. The van der Waals surface area contributed by atoms with Crippen LogP contribution in [0, 0.1) is 0 Å². The van der Waals surface area contributed by atoms with E-state index in [-0.39, 0.29) is 0 Å². The van der Waals surface area contributed by atoms with Gasteiger partial charge in [-0.1, -0.05) is 0 Å². The molecule has 1 atom stereocenters. The minimum absolute atomic E-state index is 0.406. The summed E-state index contributed by atoms with van der Waals surface area (Å²) < 4.78 is 1.95. The third-order valence-electron chi connectivity index (χ3n) is 3.04. The van der Waals surface area contributed by atoms with Gasteiger partial charge in [-0.3, -0.25) is 0 Å². The summed E-state index contributed by atoms with van der Waals surface area (Å²) in [5, 5.41) is 0. The molecule has 0 bridgehead atoms. The van der Waals surface area contributed by atoms with Gasteiger partial charge in [-0.25, -0.2) is 0 Å². The molecule has 0 saturated carbocycles. The predicted molar refractivity (Wildman–Crippen MR) is 93.3 cm³/mol. The van der Waals surface area contributed by atoms with Crippen molar-refractivity contribution in [1.82, 2.24) is 0 Å². The maximum absolute atomic E-state index is 2.24. The Labute approximate surface area is 136 Å². The first-order chi connectivity index (χ1) is 10.4. The number of thioether (sulfide) groups is 1. The molecule has 1 unspecified atom stereocenters. The summed E-state index contributed by atoms with van der Waals surface area (Å²) in [6.45, 7) is 0. The zero-order chi connectivity index (χ0) is 14.3. The van der Waals surface area contributed by atoms with Crippen LogP contribution in [0.4, 0.5) is 0 Å². The third kappa shape index (κ3) is 4.25. The van der Waals surface area contributed by atoms with E-state index in [4.69, 9.17) is 0 Å². The molecule has 0 N–H and O–H groups in total. The molecule has 0 nitrogen and oxygen atoms in total. The Kier molecular flexibility index (Phi) is 5.18. The van der Waals surface area contributed by atoms with Crippen molar-refractivity contribution in [2.45, 2.75) is 9.04 Å². The normalized spacial score (nSPS) is 12.0. The first-order valence-corrected chi connectivity index (χ1v) is 9.63. The van der Waals surface area contributed by atoms with Crippen LogP contribution in [0.2, 0.25) is 0 Å². The molecule has 21 heavy (non-hydrogen) atoms. The van der Waals surface area contributed by atoms with Gasteiger partial charge in [0.25, 0.3) is 0 Å². The molecule has 0 fully saturated rings. The molecule has 3 rings (SSSR count). The van der Waals surface area contributed by atoms with E-state index in [0.29, 0.717) is 19.1 Å². The van der Waals surface area contributed by atoms with Gasteiger partial charge in [0.1, 0.15) is 0 Å². The topological polar surface area (TPSA) is 0 Å². The SMILES string of the molecule is c1ccc(SC([Se]c2ccccc2)c2ccccc2)cc1. The fourth-order valence-corrected chi connectivity index (χ4v) is 6.29. The van der Waals surface area contributed by atoms with E-state index in [0.717, 1.165) is 0 Å². The summed E-state index contributed by atoms with van der Waals surface area (Å²) in [4.78, 5) is 1.34. The van der Waals surface area contributed by atoms with E-state index in [1.807, 2.05) is 11.8 Å². The Morgan fingerprint density at radius 3 is 1.76 bits per heavy atom. The minimum atomic E-state index is 0.406. The van der Waals surface area contributed by atoms with Crippen LogP contribution in [0.3, 0.4) is 0 Å². The molecule has 0 aliphatic heterocycles. The van der Waals surface area contributed by atoms with Crippen molar-refractivity contribution in [3.8, 4) is 0 Å². The zero-order valence-electron chi connectivity index (χ0n) is 11.6. The average Bonchev–Trinajstić information content (AvgIpc) is 2.57. The zero-order valence-corrected chi connectivity index (χ0v) is 14.1. The Morgan fingerprint density at radius 1 is 0.619 bits per heavy atom. The van der Waals surface area contributed by atoms with Crippen LogP contribution in [-0.2, 0) is 0 Å². The summed E-state index contributed by atoms with van der Waals surface area (Å²) in [6, 6.07) is 32.3. The fraction of sp³-hybridized carbons (Fsp3) is 0.0526. The van der Waals surface area contributed by atoms with E-state index in [9.17, 15) is 0 Å². The maximum atomic E-state index is 2.24. The van der Waals surface area contributed by atoms with E-state index >= 15 is 0 Å². The van der Waals surface area contributed by atoms with Gasteiger partial charge >= 0.3 is 137 Å². The second-order valence-electron chi connectivity index (χ2n) is 4.60. The molecule has 0 spiro atoms. The summed E-state index contributed by atoms with van der Waals surface area (Å²) in [5.41, 5.74) is 1.41. The Morgan fingerprint density at radius 2 is 1.14 bits per heavy atom. The summed E-state index contributed by atoms with van der Waals surface area (Å²) in [7, 11) is 0. The van der Waals surface area contributed by atoms with E-state index in [1.165, 1.54) is 14.9 Å². The van der Waals surface area contributed by atoms with Gasteiger partial charge in [-0.05, 0) is 0 Å². The van der Waals surface area contributed by atoms with Gasteiger partial charge in [0.15, 0.2) is 0 Å². The fourth-order valence-electron chi connectivity index (χ4n) is 2.02. The molecule has 2 heteroatoms. The van der Waals surface area contributed by atoms with Gasteiger partial charge in [0, 0.05) is 0 Å². The van der Waals surface area contributed by atoms with Gasteiger partial charge in [0.2, 0.25) is 0 Å². The Balaban J connectivity index is 1.84. The van der Waals surface area contributed by atoms with Gasteiger partial charge in [-0.15, -0.1) is 0 Å². The monoisotopic (exact) mass is 356 g/mol. The van der Waals surface area contributed by atoms with Gasteiger partial charge < -0.3 is 0 Å². The van der Waals surface area contributed by atoms with Crippen LogP contribution >= 0.6 is 11.8 Å². The summed E-state index contributed by atoms with van der Waals surface area (Å²) in [6.07, 6.45) is 0. The first kappa shape index (κ1) is 14.5. The summed E-state index contributed by atoms with van der Waals surface area (Å²) in [5.74, 6) is 0. The van der Waals surface area contributed by atoms with E-state index in [1.54, 1.807) is 0 Å². The van der Waals surface area contributed by atoms with E-state index in [2.05, 4.69) is 91.0 Å². The Hall–Kier alpha value is -1.47. The molecular weight excluding hydrogens is 339 g/mol. The van der Waals surface area contributed by atoms with Gasteiger partial charge in [0.05, 0.1) is 0 Å². The molecule has 3 aromatic carbocycles. The molecule has 0 heterocycles. The third-order valence-corrected chi connectivity index (χ3v) is 7.34. The second-order valence-corrected chi connectivity index (χ2v) is 8.93. The van der Waals surface area contributed by atoms with Crippen molar-refractivity contribution in [3.05, 3.63) is 96.6 Å². The predicted octanol–water partition coefficient (Wildman–Crippen LogP) is 4.51.